The first kappa shape index (κ1) is 7.77. The van der Waals surface area contributed by atoms with Crippen LogP contribution in [-0.4, -0.2) is 11.3 Å². The van der Waals surface area contributed by atoms with Crippen molar-refractivity contribution in [3.05, 3.63) is 35.9 Å². The average molecular weight is 183 g/mol. The van der Waals surface area contributed by atoms with E-state index in [4.69, 9.17) is 16.3 Å². The molecule has 1 heterocycles. The van der Waals surface area contributed by atoms with Crippen LogP contribution < -0.4 is 0 Å². The second-order valence-electron chi connectivity index (χ2n) is 2.69. The first-order chi connectivity index (χ1) is 5.79. The van der Waals surface area contributed by atoms with E-state index >= 15 is 0 Å². The van der Waals surface area contributed by atoms with Gasteiger partial charge in [-0.2, -0.15) is 0 Å². The Kier molecular flexibility index (Phi) is 1.87. The maximum Gasteiger partial charge on any atom is 0.253 e. The molecule has 2 atom stereocenters. The van der Waals surface area contributed by atoms with Gasteiger partial charge in [0.15, 0.2) is 6.10 Å². The molecule has 0 saturated carbocycles. The van der Waals surface area contributed by atoms with Gasteiger partial charge in [-0.25, -0.2) is 0 Å². The van der Waals surface area contributed by atoms with Gasteiger partial charge in [-0.15, -0.1) is 0 Å². The van der Waals surface area contributed by atoms with Crippen molar-refractivity contribution in [1.29, 1.82) is 0 Å². The molecule has 12 heavy (non-hydrogen) atoms. The van der Waals surface area contributed by atoms with Crippen LogP contribution in [0.15, 0.2) is 30.3 Å². The Bertz CT molecular complexity index is 297. The van der Waals surface area contributed by atoms with Gasteiger partial charge in [-0.1, -0.05) is 30.3 Å². The number of ether oxygens (including phenoxy) is 1. The molecule has 62 valence electrons. The van der Waals surface area contributed by atoms with E-state index in [9.17, 15) is 4.79 Å². The third kappa shape index (κ3) is 1.36. The summed E-state index contributed by atoms with van der Waals surface area (Å²) in [4.78, 5) is 10.6. The van der Waals surface area contributed by atoms with E-state index in [1.54, 1.807) is 0 Å². The van der Waals surface area contributed by atoms with Gasteiger partial charge >= 0.3 is 0 Å². The molecule has 3 heteroatoms. The van der Waals surface area contributed by atoms with Gasteiger partial charge in [0.1, 0.15) is 6.10 Å². The smallest absolute Gasteiger partial charge is 0.253 e. The van der Waals surface area contributed by atoms with E-state index in [1.807, 2.05) is 30.3 Å². The number of benzene rings is 1. The number of halogens is 1. The number of carbonyl (C=O) groups excluding carboxylic acids is 1. The summed E-state index contributed by atoms with van der Waals surface area (Å²) in [5, 5.41) is -0.413. The van der Waals surface area contributed by atoms with E-state index in [0.29, 0.717) is 0 Å². The normalized spacial score (nSPS) is 26.8. The fraction of sp³-hybridized carbons (Fsp3) is 0.222. The largest absolute Gasteiger partial charge is 0.355 e. The second-order valence-corrected chi connectivity index (χ2v) is 3.06. The highest BCUT2D eigenvalue weighted by Gasteiger charge is 2.44. The van der Waals surface area contributed by atoms with Crippen LogP contribution in [0, 0.1) is 0 Å². The van der Waals surface area contributed by atoms with Crippen LogP contribution in [0.1, 0.15) is 11.7 Å². The fourth-order valence-corrected chi connectivity index (χ4v) is 1.35. The second kappa shape index (κ2) is 2.88. The van der Waals surface area contributed by atoms with E-state index in [1.165, 1.54) is 0 Å². The molecular weight excluding hydrogens is 176 g/mol. The number of epoxide rings is 1. The summed E-state index contributed by atoms with van der Waals surface area (Å²) in [6.07, 6.45) is -0.537. The molecule has 0 bridgehead atoms. The lowest BCUT2D eigenvalue weighted by Gasteiger charge is -1.91. The van der Waals surface area contributed by atoms with Gasteiger partial charge in [0.05, 0.1) is 0 Å². The summed E-state index contributed by atoms with van der Waals surface area (Å²) in [5.74, 6) is 0. The first-order valence-electron chi connectivity index (χ1n) is 3.69. The van der Waals surface area contributed by atoms with Crippen LogP contribution >= 0.6 is 11.6 Å². The van der Waals surface area contributed by atoms with Crippen molar-refractivity contribution in [2.24, 2.45) is 0 Å². The standard InChI is InChI=1S/C9H7ClO2/c10-9(11)8-7(12-8)6-4-2-1-3-5-6/h1-5,7-8H/t7-,8-/m0/s1. The summed E-state index contributed by atoms with van der Waals surface area (Å²) in [6.45, 7) is 0. The van der Waals surface area contributed by atoms with Crippen LogP contribution in [0.25, 0.3) is 0 Å². The van der Waals surface area contributed by atoms with Gasteiger partial charge in [0, 0.05) is 0 Å². The summed E-state index contributed by atoms with van der Waals surface area (Å²) < 4.78 is 5.08. The molecule has 0 spiro atoms. The molecule has 1 aliphatic heterocycles. The average Bonchev–Trinajstić information content (AvgIpc) is 2.84. The molecule has 0 unspecified atom stereocenters. The van der Waals surface area contributed by atoms with Crippen LogP contribution in [0.5, 0.6) is 0 Å². The van der Waals surface area contributed by atoms with Gasteiger partial charge in [0.2, 0.25) is 0 Å². The SMILES string of the molecule is O=C(Cl)[C@H]1O[C@H]1c1ccccc1. The molecule has 0 aliphatic carbocycles. The zero-order chi connectivity index (χ0) is 8.55. The highest BCUT2D eigenvalue weighted by Crippen LogP contribution is 2.39. The van der Waals surface area contributed by atoms with Crippen molar-refractivity contribution in [2.75, 3.05) is 0 Å². The van der Waals surface area contributed by atoms with Crippen molar-refractivity contribution in [1.82, 2.24) is 0 Å². The molecule has 1 fully saturated rings. The predicted octanol–water partition coefficient (Wildman–Crippen LogP) is 1.89. The van der Waals surface area contributed by atoms with Gasteiger partial charge in [-0.05, 0) is 17.2 Å². The molecule has 1 aliphatic rings. The molecule has 0 aromatic heterocycles. The monoisotopic (exact) mass is 182 g/mol. The molecule has 0 N–H and O–H groups in total. The zero-order valence-corrected chi connectivity index (χ0v) is 6.99. The van der Waals surface area contributed by atoms with Crippen molar-refractivity contribution in [3.63, 3.8) is 0 Å². The van der Waals surface area contributed by atoms with Crippen LogP contribution in [-0.2, 0) is 9.53 Å². The van der Waals surface area contributed by atoms with Crippen molar-refractivity contribution in [2.45, 2.75) is 12.2 Å². The van der Waals surface area contributed by atoms with E-state index in [0.717, 1.165) is 5.56 Å². The highest BCUT2D eigenvalue weighted by atomic mass is 35.5. The fourth-order valence-electron chi connectivity index (χ4n) is 1.18. The molecule has 1 aromatic carbocycles. The number of carbonyl (C=O) groups is 1. The molecule has 0 amide bonds. The lowest BCUT2D eigenvalue weighted by atomic mass is 10.1. The van der Waals surface area contributed by atoms with Crippen molar-refractivity contribution < 1.29 is 9.53 Å². The Labute approximate surface area is 75.1 Å². The van der Waals surface area contributed by atoms with Gasteiger partial charge in [-0.3, -0.25) is 4.79 Å². The Hall–Kier alpha value is -0.860. The molecule has 1 aromatic rings. The topological polar surface area (TPSA) is 29.6 Å². The van der Waals surface area contributed by atoms with E-state index < -0.39 is 11.3 Å². The number of rotatable bonds is 2. The zero-order valence-electron chi connectivity index (χ0n) is 6.24. The highest BCUT2D eigenvalue weighted by molar-refractivity contribution is 6.65. The van der Waals surface area contributed by atoms with Gasteiger partial charge in [0.25, 0.3) is 5.24 Å². The maximum atomic E-state index is 10.6. The van der Waals surface area contributed by atoms with E-state index in [-0.39, 0.29) is 6.10 Å². The van der Waals surface area contributed by atoms with Crippen molar-refractivity contribution in [3.8, 4) is 0 Å². The predicted molar refractivity (Wildman–Crippen MR) is 44.9 cm³/mol. The summed E-state index contributed by atoms with van der Waals surface area (Å²) in [5.41, 5.74) is 1.01. The summed E-state index contributed by atoms with van der Waals surface area (Å²) in [7, 11) is 0. The Balaban J connectivity index is 2.11. The minimum Gasteiger partial charge on any atom is -0.355 e. The van der Waals surface area contributed by atoms with Gasteiger partial charge < -0.3 is 4.74 Å². The molecule has 0 radical (unpaired) electrons. The minimum absolute atomic E-state index is 0.115. The number of hydrogen-bond acceptors (Lipinski definition) is 2. The molecule has 1 saturated heterocycles. The minimum atomic E-state index is -0.422. The molecule has 2 nitrogen and oxygen atoms in total. The third-order valence-corrected chi connectivity index (χ3v) is 2.06. The summed E-state index contributed by atoms with van der Waals surface area (Å²) in [6, 6.07) is 9.58. The van der Waals surface area contributed by atoms with Crippen molar-refractivity contribution >= 4 is 16.8 Å². The molecular formula is C9H7ClO2. The Morgan fingerprint density at radius 2 is 2.00 bits per heavy atom. The van der Waals surface area contributed by atoms with Crippen LogP contribution in [0.2, 0.25) is 0 Å². The third-order valence-electron chi connectivity index (χ3n) is 1.84. The lowest BCUT2D eigenvalue weighted by Crippen LogP contribution is -1.97. The quantitative estimate of drug-likeness (QED) is 0.517. The van der Waals surface area contributed by atoms with E-state index in [2.05, 4.69) is 0 Å². The Morgan fingerprint density at radius 3 is 2.50 bits per heavy atom. The Morgan fingerprint density at radius 1 is 1.33 bits per heavy atom. The van der Waals surface area contributed by atoms with Crippen LogP contribution in [0.3, 0.4) is 0 Å². The first-order valence-corrected chi connectivity index (χ1v) is 4.06. The molecule has 2 rings (SSSR count). The summed E-state index contributed by atoms with van der Waals surface area (Å²) >= 11 is 5.26. The van der Waals surface area contributed by atoms with Crippen LogP contribution in [0.4, 0.5) is 0 Å². The number of hydrogen-bond donors (Lipinski definition) is 0. The lowest BCUT2D eigenvalue weighted by molar-refractivity contribution is -0.112. The maximum absolute atomic E-state index is 10.6.